The van der Waals surface area contributed by atoms with E-state index >= 15 is 0 Å². The van der Waals surface area contributed by atoms with Gasteiger partial charge in [-0.2, -0.15) is 0 Å². The third-order valence-electron chi connectivity index (χ3n) is 4.55. The molecule has 0 aliphatic rings. The van der Waals surface area contributed by atoms with Gasteiger partial charge in [0.2, 0.25) is 11.8 Å². The van der Waals surface area contributed by atoms with E-state index in [0.29, 0.717) is 22.2 Å². The quantitative estimate of drug-likeness (QED) is 0.704. The molecule has 2 rings (SSSR count). The van der Waals surface area contributed by atoms with Crippen LogP contribution >= 0.6 is 23.2 Å². The number of nitrogens with zero attached hydrogens (tertiary/aromatic N) is 1. The molecule has 28 heavy (non-hydrogen) atoms. The molecule has 0 heterocycles. The molecule has 2 amide bonds. The molecule has 0 fully saturated rings. The maximum absolute atomic E-state index is 13.2. The number of hydrogen-bond donors (Lipinski definition) is 1. The number of amides is 2. The highest BCUT2D eigenvalue weighted by Crippen LogP contribution is 2.27. The summed E-state index contributed by atoms with van der Waals surface area (Å²) in [6.07, 6.45) is 0.203. The first kappa shape index (κ1) is 22.3. The minimum atomic E-state index is -0.648. The lowest BCUT2D eigenvalue weighted by Gasteiger charge is -2.29. The van der Waals surface area contributed by atoms with E-state index in [9.17, 15) is 9.59 Å². The summed E-state index contributed by atoms with van der Waals surface area (Å²) in [4.78, 5) is 27.1. The first-order valence-electron chi connectivity index (χ1n) is 9.30. The molecule has 0 aromatic heterocycles. The number of halogens is 2. The summed E-state index contributed by atoms with van der Waals surface area (Å²) in [6, 6.07) is 10.6. The molecular weight excluding hydrogens is 395 g/mol. The van der Waals surface area contributed by atoms with E-state index in [-0.39, 0.29) is 24.8 Å². The van der Waals surface area contributed by atoms with Crippen molar-refractivity contribution >= 4 is 35.0 Å². The summed E-state index contributed by atoms with van der Waals surface area (Å²) in [5.74, 6) is -0.362. The molecule has 0 aliphatic carbocycles. The average Bonchev–Trinajstić information content (AvgIpc) is 2.60. The Hall–Kier alpha value is -2.04. The zero-order valence-corrected chi connectivity index (χ0v) is 18.2. The van der Waals surface area contributed by atoms with E-state index in [2.05, 4.69) is 11.4 Å². The molecule has 0 saturated carbocycles. The maximum atomic E-state index is 13.2. The first-order valence-corrected chi connectivity index (χ1v) is 10.1. The average molecular weight is 421 g/mol. The molecule has 0 saturated heterocycles. The van der Waals surface area contributed by atoms with E-state index in [1.807, 2.05) is 32.9 Å². The Kier molecular flexibility index (Phi) is 7.90. The van der Waals surface area contributed by atoms with Gasteiger partial charge in [-0.05, 0) is 45.4 Å². The predicted octanol–water partition coefficient (Wildman–Crippen LogP) is 4.71. The van der Waals surface area contributed by atoms with Crippen molar-refractivity contribution in [3.8, 4) is 0 Å². The van der Waals surface area contributed by atoms with Crippen molar-refractivity contribution in [3.63, 3.8) is 0 Å². The first-order chi connectivity index (χ1) is 13.2. The molecule has 0 aliphatic heterocycles. The van der Waals surface area contributed by atoms with Crippen LogP contribution in [0, 0.1) is 13.8 Å². The van der Waals surface area contributed by atoms with E-state index in [1.54, 1.807) is 25.1 Å². The van der Waals surface area contributed by atoms with E-state index < -0.39 is 6.04 Å². The van der Waals surface area contributed by atoms with Crippen LogP contribution in [0.1, 0.15) is 36.1 Å². The van der Waals surface area contributed by atoms with Crippen molar-refractivity contribution in [2.24, 2.45) is 0 Å². The third kappa shape index (κ3) is 5.73. The van der Waals surface area contributed by atoms with Crippen LogP contribution in [0.15, 0.2) is 36.4 Å². The van der Waals surface area contributed by atoms with Gasteiger partial charge in [0.1, 0.15) is 6.04 Å². The fourth-order valence-corrected chi connectivity index (χ4v) is 3.72. The van der Waals surface area contributed by atoms with Gasteiger partial charge in [-0.15, -0.1) is 0 Å². The largest absolute Gasteiger partial charge is 0.355 e. The lowest BCUT2D eigenvalue weighted by Crippen LogP contribution is -2.48. The number of aryl methyl sites for hydroxylation is 2. The normalized spacial score (nSPS) is 11.8. The Bertz CT molecular complexity index is 827. The van der Waals surface area contributed by atoms with Crippen LogP contribution in [0.2, 0.25) is 10.0 Å². The van der Waals surface area contributed by atoms with Crippen LogP contribution in [0.25, 0.3) is 0 Å². The van der Waals surface area contributed by atoms with E-state index in [1.165, 1.54) is 4.90 Å². The van der Waals surface area contributed by atoms with E-state index in [4.69, 9.17) is 23.2 Å². The molecule has 6 heteroatoms. The van der Waals surface area contributed by atoms with Gasteiger partial charge in [-0.25, -0.2) is 0 Å². The highest BCUT2D eigenvalue weighted by atomic mass is 35.5. The lowest BCUT2D eigenvalue weighted by atomic mass is 10.0. The van der Waals surface area contributed by atoms with Crippen LogP contribution < -0.4 is 5.32 Å². The van der Waals surface area contributed by atoms with Crippen molar-refractivity contribution < 1.29 is 9.59 Å². The summed E-state index contributed by atoms with van der Waals surface area (Å²) in [6.45, 7) is 8.22. The fourth-order valence-electron chi connectivity index (χ4n) is 3.21. The highest BCUT2D eigenvalue weighted by Gasteiger charge is 2.27. The Morgan fingerprint density at radius 2 is 1.64 bits per heavy atom. The molecule has 0 spiro atoms. The number of carbonyl (C=O) groups excluding carboxylic acids is 2. The molecular formula is C22H26Cl2N2O2. The second-order valence-corrected chi connectivity index (χ2v) is 7.78. The summed E-state index contributed by atoms with van der Waals surface area (Å²) in [5.41, 5.74) is 3.75. The van der Waals surface area contributed by atoms with Gasteiger partial charge in [-0.1, -0.05) is 58.6 Å². The summed E-state index contributed by atoms with van der Waals surface area (Å²) >= 11 is 12.6. The number of hydrogen-bond acceptors (Lipinski definition) is 2. The number of likely N-dealkylation sites (N-methyl/N-ethyl adjacent to an activating group) is 1. The van der Waals surface area contributed by atoms with Gasteiger partial charge < -0.3 is 10.2 Å². The number of rotatable bonds is 7. The molecule has 2 aromatic rings. The number of benzene rings is 2. The molecule has 1 atom stereocenters. The molecule has 0 unspecified atom stereocenters. The standard InChI is InChI=1S/C22H26Cl2N2O2/c1-5-25-22(28)16(4)26(13-18-19(23)7-6-8-20(18)24)21(27)12-17-10-14(2)9-15(3)11-17/h6-11,16H,5,12-13H2,1-4H3,(H,25,28)/t16-/m0/s1. The second kappa shape index (κ2) is 9.94. The molecule has 1 N–H and O–H groups in total. The Balaban J connectivity index is 2.33. The van der Waals surface area contributed by atoms with Crippen LogP contribution in [-0.2, 0) is 22.6 Å². The number of nitrogens with one attached hydrogen (secondary N) is 1. The minimum absolute atomic E-state index is 0.153. The zero-order chi connectivity index (χ0) is 20.8. The Morgan fingerprint density at radius 1 is 1.07 bits per heavy atom. The van der Waals surface area contributed by atoms with Crippen LogP contribution in [-0.4, -0.2) is 29.3 Å². The van der Waals surface area contributed by atoms with Gasteiger partial charge in [-0.3, -0.25) is 9.59 Å². The van der Waals surface area contributed by atoms with Gasteiger partial charge in [0.15, 0.2) is 0 Å². The van der Waals surface area contributed by atoms with Crippen molar-refractivity contribution in [3.05, 3.63) is 68.7 Å². The smallest absolute Gasteiger partial charge is 0.242 e. The highest BCUT2D eigenvalue weighted by molar-refractivity contribution is 6.36. The summed E-state index contributed by atoms with van der Waals surface area (Å²) < 4.78 is 0. The number of carbonyl (C=O) groups is 2. The van der Waals surface area contributed by atoms with Crippen molar-refractivity contribution in [2.45, 2.75) is 46.7 Å². The monoisotopic (exact) mass is 420 g/mol. The second-order valence-electron chi connectivity index (χ2n) is 6.97. The Labute approximate surface area is 176 Å². The minimum Gasteiger partial charge on any atom is -0.355 e. The van der Waals surface area contributed by atoms with Gasteiger partial charge in [0.05, 0.1) is 6.42 Å². The van der Waals surface area contributed by atoms with Crippen LogP contribution in [0.3, 0.4) is 0 Å². The summed E-state index contributed by atoms with van der Waals surface area (Å²) in [5, 5.41) is 3.72. The lowest BCUT2D eigenvalue weighted by molar-refractivity contribution is -0.140. The van der Waals surface area contributed by atoms with Gasteiger partial charge >= 0.3 is 0 Å². The SMILES string of the molecule is CCNC(=O)[C@H](C)N(Cc1c(Cl)cccc1Cl)C(=O)Cc1cc(C)cc(C)c1. The summed E-state index contributed by atoms with van der Waals surface area (Å²) in [7, 11) is 0. The molecule has 150 valence electrons. The predicted molar refractivity (Wildman–Crippen MR) is 115 cm³/mol. The van der Waals surface area contributed by atoms with Crippen LogP contribution in [0.5, 0.6) is 0 Å². The third-order valence-corrected chi connectivity index (χ3v) is 5.25. The van der Waals surface area contributed by atoms with Gasteiger partial charge in [0, 0.05) is 28.7 Å². The Morgan fingerprint density at radius 3 is 2.18 bits per heavy atom. The van der Waals surface area contributed by atoms with Crippen molar-refractivity contribution in [1.29, 1.82) is 0 Å². The van der Waals surface area contributed by atoms with Crippen molar-refractivity contribution in [2.75, 3.05) is 6.54 Å². The fraction of sp³-hybridized carbons (Fsp3) is 0.364. The zero-order valence-electron chi connectivity index (χ0n) is 16.7. The van der Waals surface area contributed by atoms with Crippen molar-refractivity contribution in [1.82, 2.24) is 10.2 Å². The van der Waals surface area contributed by atoms with Crippen LogP contribution in [0.4, 0.5) is 0 Å². The molecule has 0 radical (unpaired) electrons. The molecule has 2 aromatic carbocycles. The van der Waals surface area contributed by atoms with E-state index in [0.717, 1.165) is 16.7 Å². The topological polar surface area (TPSA) is 49.4 Å². The molecule has 4 nitrogen and oxygen atoms in total. The van der Waals surface area contributed by atoms with Gasteiger partial charge in [0.25, 0.3) is 0 Å². The molecule has 0 bridgehead atoms. The maximum Gasteiger partial charge on any atom is 0.242 e.